The fourth-order valence-corrected chi connectivity index (χ4v) is 2.28. The van der Waals surface area contributed by atoms with Crippen LogP contribution in [-0.2, 0) is 6.18 Å². The number of hydrogen-bond donors (Lipinski definition) is 1. The summed E-state index contributed by atoms with van der Waals surface area (Å²) in [5.74, 6) is 0. The fraction of sp³-hybridized carbons (Fsp3) is 0.143. The Morgan fingerprint density at radius 2 is 1.70 bits per heavy atom. The average molecular weight is 413 g/mol. The molecular weight excluding hydrogens is 404 g/mol. The Morgan fingerprint density at radius 3 is 2.30 bits per heavy atom. The Bertz CT molecular complexity index is 628. The molecule has 0 aliphatic carbocycles. The van der Waals surface area contributed by atoms with Crippen molar-refractivity contribution in [1.29, 1.82) is 0 Å². The van der Waals surface area contributed by atoms with Crippen molar-refractivity contribution in [3.8, 4) is 0 Å². The molecule has 0 saturated heterocycles. The standard InChI is InChI=1S/C14H9ClF3IO/c15-11-7-9(4-5-12(11)19)13(20)8-2-1-3-10(6-8)14(16,17)18/h1-7,13,20H. The second-order valence-electron chi connectivity index (χ2n) is 4.20. The zero-order valence-corrected chi connectivity index (χ0v) is 12.9. The number of hydrogen-bond acceptors (Lipinski definition) is 1. The normalized spacial score (nSPS) is 13.3. The molecule has 0 aliphatic rings. The summed E-state index contributed by atoms with van der Waals surface area (Å²) >= 11 is 7.98. The molecule has 6 heteroatoms. The van der Waals surface area contributed by atoms with Gasteiger partial charge < -0.3 is 5.11 Å². The van der Waals surface area contributed by atoms with Crippen LogP contribution in [0.5, 0.6) is 0 Å². The van der Waals surface area contributed by atoms with E-state index < -0.39 is 17.8 Å². The third kappa shape index (κ3) is 3.45. The van der Waals surface area contributed by atoms with Gasteiger partial charge in [0.25, 0.3) is 0 Å². The van der Waals surface area contributed by atoms with Crippen LogP contribution in [-0.4, -0.2) is 5.11 Å². The Kier molecular flexibility index (Phi) is 4.61. The maximum Gasteiger partial charge on any atom is 0.416 e. The topological polar surface area (TPSA) is 20.2 Å². The molecule has 0 fully saturated rings. The third-order valence-corrected chi connectivity index (χ3v) is 4.36. The lowest BCUT2D eigenvalue weighted by Gasteiger charge is -2.14. The number of halogens is 5. The molecule has 1 N–H and O–H groups in total. The van der Waals surface area contributed by atoms with Crippen molar-refractivity contribution < 1.29 is 18.3 Å². The van der Waals surface area contributed by atoms with Gasteiger partial charge in [-0.2, -0.15) is 13.2 Å². The first-order valence-corrected chi connectivity index (χ1v) is 7.05. The van der Waals surface area contributed by atoms with Crippen molar-refractivity contribution in [2.24, 2.45) is 0 Å². The zero-order valence-electron chi connectivity index (χ0n) is 9.96. The van der Waals surface area contributed by atoms with Crippen molar-refractivity contribution in [1.82, 2.24) is 0 Å². The molecule has 0 saturated carbocycles. The van der Waals surface area contributed by atoms with E-state index in [1.54, 1.807) is 18.2 Å². The van der Waals surface area contributed by atoms with Gasteiger partial charge in [-0.05, 0) is 58.0 Å². The van der Waals surface area contributed by atoms with Gasteiger partial charge in [-0.15, -0.1) is 0 Å². The highest BCUT2D eigenvalue weighted by Gasteiger charge is 2.31. The van der Waals surface area contributed by atoms with Crippen molar-refractivity contribution in [3.63, 3.8) is 0 Å². The van der Waals surface area contributed by atoms with Crippen LogP contribution in [0.1, 0.15) is 22.8 Å². The van der Waals surface area contributed by atoms with Crippen LogP contribution in [0.3, 0.4) is 0 Å². The van der Waals surface area contributed by atoms with E-state index in [1.807, 2.05) is 22.6 Å². The van der Waals surface area contributed by atoms with E-state index in [-0.39, 0.29) is 5.56 Å². The molecule has 0 aromatic heterocycles. The van der Waals surface area contributed by atoms with Gasteiger partial charge in [-0.1, -0.05) is 29.8 Å². The van der Waals surface area contributed by atoms with Crippen LogP contribution in [0.2, 0.25) is 5.02 Å². The van der Waals surface area contributed by atoms with E-state index in [2.05, 4.69) is 0 Å². The molecule has 0 heterocycles. The maximum absolute atomic E-state index is 12.6. The Morgan fingerprint density at radius 1 is 1.05 bits per heavy atom. The molecule has 0 amide bonds. The quantitative estimate of drug-likeness (QED) is 0.685. The molecular formula is C14H9ClF3IO. The summed E-state index contributed by atoms with van der Waals surface area (Å²) in [6.45, 7) is 0. The number of alkyl halides is 3. The minimum absolute atomic E-state index is 0.178. The zero-order chi connectivity index (χ0) is 14.9. The number of benzene rings is 2. The van der Waals surface area contributed by atoms with Crippen molar-refractivity contribution in [2.75, 3.05) is 0 Å². The van der Waals surface area contributed by atoms with Crippen molar-refractivity contribution in [3.05, 3.63) is 67.7 Å². The molecule has 0 spiro atoms. The monoisotopic (exact) mass is 412 g/mol. The molecule has 2 aromatic carbocycles. The average Bonchev–Trinajstić information content (AvgIpc) is 2.40. The summed E-state index contributed by atoms with van der Waals surface area (Å²) in [5.41, 5.74) is -0.155. The lowest BCUT2D eigenvalue weighted by atomic mass is 10.00. The van der Waals surface area contributed by atoms with Crippen LogP contribution in [0.4, 0.5) is 13.2 Å². The lowest BCUT2D eigenvalue weighted by molar-refractivity contribution is -0.137. The van der Waals surface area contributed by atoms with Crippen LogP contribution in [0, 0.1) is 3.57 Å². The predicted molar refractivity (Wildman–Crippen MR) is 79.7 cm³/mol. The fourth-order valence-electron chi connectivity index (χ4n) is 1.76. The molecule has 2 aromatic rings. The van der Waals surface area contributed by atoms with Gasteiger partial charge in [-0.3, -0.25) is 0 Å². The highest BCUT2D eigenvalue weighted by atomic mass is 127. The summed E-state index contributed by atoms with van der Waals surface area (Å²) in [4.78, 5) is 0. The highest BCUT2D eigenvalue weighted by molar-refractivity contribution is 14.1. The summed E-state index contributed by atoms with van der Waals surface area (Å²) in [5, 5.41) is 10.6. The summed E-state index contributed by atoms with van der Waals surface area (Å²) in [7, 11) is 0. The van der Waals surface area contributed by atoms with Gasteiger partial charge in [0.1, 0.15) is 6.10 Å². The van der Waals surface area contributed by atoms with E-state index >= 15 is 0 Å². The van der Waals surface area contributed by atoms with E-state index in [9.17, 15) is 18.3 Å². The molecule has 1 nitrogen and oxygen atoms in total. The first-order valence-electron chi connectivity index (χ1n) is 5.59. The number of aliphatic hydroxyl groups excluding tert-OH is 1. The Hall–Kier alpha value is -0.790. The van der Waals surface area contributed by atoms with Gasteiger partial charge >= 0.3 is 6.18 Å². The predicted octanol–water partition coefficient (Wildman–Crippen LogP) is 5.05. The van der Waals surface area contributed by atoms with E-state index in [4.69, 9.17) is 11.6 Å². The number of aliphatic hydroxyl groups is 1. The SMILES string of the molecule is OC(c1cccc(C(F)(F)F)c1)c1ccc(I)c(Cl)c1. The molecule has 106 valence electrons. The Balaban J connectivity index is 2.38. The van der Waals surface area contributed by atoms with Crippen molar-refractivity contribution >= 4 is 34.2 Å². The van der Waals surface area contributed by atoms with E-state index in [1.165, 1.54) is 12.1 Å². The van der Waals surface area contributed by atoms with Gasteiger partial charge in [0.2, 0.25) is 0 Å². The van der Waals surface area contributed by atoms with Crippen molar-refractivity contribution in [2.45, 2.75) is 12.3 Å². The summed E-state index contributed by atoms with van der Waals surface area (Å²) in [6.07, 6.45) is -5.58. The van der Waals surface area contributed by atoms with Gasteiger partial charge in [0, 0.05) is 3.57 Å². The third-order valence-electron chi connectivity index (χ3n) is 2.79. The van der Waals surface area contributed by atoms with E-state index in [0.29, 0.717) is 10.6 Å². The molecule has 0 aliphatic heterocycles. The maximum atomic E-state index is 12.6. The molecule has 0 bridgehead atoms. The second kappa shape index (κ2) is 5.91. The number of rotatable bonds is 2. The van der Waals surface area contributed by atoms with Gasteiger partial charge in [-0.25, -0.2) is 0 Å². The van der Waals surface area contributed by atoms with Crippen LogP contribution in [0.15, 0.2) is 42.5 Å². The molecule has 2 rings (SSSR count). The first kappa shape index (κ1) is 15.6. The largest absolute Gasteiger partial charge is 0.416 e. The second-order valence-corrected chi connectivity index (χ2v) is 5.77. The molecule has 20 heavy (non-hydrogen) atoms. The Labute approximate surface area is 132 Å². The first-order chi connectivity index (χ1) is 9.29. The van der Waals surface area contributed by atoms with Crippen LogP contribution >= 0.6 is 34.2 Å². The molecule has 0 radical (unpaired) electrons. The van der Waals surface area contributed by atoms with E-state index in [0.717, 1.165) is 15.7 Å². The smallest absolute Gasteiger partial charge is 0.384 e. The minimum atomic E-state index is -4.43. The molecule has 1 unspecified atom stereocenters. The summed E-state index contributed by atoms with van der Waals surface area (Å²) < 4.78 is 38.8. The van der Waals surface area contributed by atoms with Crippen LogP contribution in [0.25, 0.3) is 0 Å². The summed E-state index contributed by atoms with van der Waals surface area (Å²) in [6, 6.07) is 9.52. The van der Waals surface area contributed by atoms with Gasteiger partial charge in [0.05, 0.1) is 10.6 Å². The lowest BCUT2D eigenvalue weighted by Crippen LogP contribution is -2.07. The van der Waals surface area contributed by atoms with Gasteiger partial charge in [0.15, 0.2) is 0 Å². The molecule has 1 atom stereocenters. The van der Waals surface area contributed by atoms with Crippen LogP contribution < -0.4 is 0 Å². The minimum Gasteiger partial charge on any atom is -0.384 e. The highest BCUT2D eigenvalue weighted by Crippen LogP contribution is 2.33.